The van der Waals surface area contributed by atoms with E-state index in [2.05, 4.69) is 10.3 Å². The van der Waals surface area contributed by atoms with Gasteiger partial charge in [0.25, 0.3) is 0 Å². The highest BCUT2D eigenvalue weighted by molar-refractivity contribution is 5.80. The Morgan fingerprint density at radius 2 is 1.89 bits per heavy atom. The van der Waals surface area contributed by atoms with Gasteiger partial charge in [-0.25, -0.2) is 0 Å². The number of nitrogens with zero attached hydrogens (tertiary/aromatic N) is 2. The van der Waals surface area contributed by atoms with Gasteiger partial charge in [-0.15, -0.1) is 0 Å². The number of nitrogens with one attached hydrogen (secondary N) is 1. The van der Waals surface area contributed by atoms with E-state index in [1.165, 1.54) is 0 Å². The molecule has 6 heteroatoms. The number of aryl methyl sites for hydroxylation is 1. The number of benzene rings is 1. The number of rotatable bonds is 7. The summed E-state index contributed by atoms with van der Waals surface area (Å²) in [5.41, 5.74) is 2.11. The molecule has 0 bridgehead atoms. The molecule has 2 aromatic rings. The molecule has 3 rings (SSSR count). The van der Waals surface area contributed by atoms with Crippen molar-refractivity contribution in [3.63, 3.8) is 0 Å². The third kappa shape index (κ3) is 5.55. The average molecular weight is 381 g/mol. The first-order valence-corrected chi connectivity index (χ1v) is 9.73. The topological polar surface area (TPSA) is 71.5 Å². The van der Waals surface area contributed by atoms with Gasteiger partial charge in [0.05, 0.1) is 7.11 Å². The number of likely N-dealkylation sites (tertiary alicyclic amines) is 1. The Hall–Kier alpha value is -2.89. The van der Waals surface area contributed by atoms with Crippen LogP contribution in [0.3, 0.4) is 0 Å². The number of carbonyl (C=O) groups excluding carboxylic acids is 2. The summed E-state index contributed by atoms with van der Waals surface area (Å²) in [5.74, 6) is 1.01. The zero-order chi connectivity index (χ0) is 19.8. The Morgan fingerprint density at radius 1 is 1.14 bits per heavy atom. The van der Waals surface area contributed by atoms with Gasteiger partial charge < -0.3 is 15.0 Å². The number of carbonyl (C=O) groups is 2. The lowest BCUT2D eigenvalue weighted by Gasteiger charge is -2.31. The number of methoxy groups -OCH3 is 1. The molecule has 0 radical (unpaired) electrons. The maximum atomic E-state index is 12.5. The summed E-state index contributed by atoms with van der Waals surface area (Å²) in [4.78, 5) is 30.8. The van der Waals surface area contributed by atoms with Crippen LogP contribution in [-0.4, -0.2) is 41.9 Å². The quantitative estimate of drug-likeness (QED) is 0.800. The summed E-state index contributed by atoms with van der Waals surface area (Å²) in [6, 6.07) is 11.6. The summed E-state index contributed by atoms with van der Waals surface area (Å²) >= 11 is 0. The second kappa shape index (κ2) is 9.88. The molecule has 0 saturated carbocycles. The third-order valence-electron chi connectivity index (χ3n) is 5.19. The van der Waals surface area contributed by atoms with Crippen molar-refractivity contribution in [2.45, 2.75) is 32.2 Å². The van der Waals surface area contributed by atoms with E-state index in [9.17, 15) is 9.59 Å². The molecule has 0 aliphatic carbocycles. The van der Waals surface area contributed by atoms with Crippen LogP contribution in [0.1, 0.15) is 30.4 Å². The normalized spacial score (nSPS) is 14.5. The van der Waals surface area contributed by atoms with Crippen LogP contribution < -0.4 is 10.1 Å². The van der Waals surface area contributed by atoms with E-state index in [0.29, 0.717) is 45.3 Å². The summed E-state index contributed by atoms with van der Waals surface area (Å²) in [5, 5.41) is 2.98. The van der Waals surface area contributed by atoms with Crippen LogP contribution in [0.5, 0.6) is 5.75 Å². The molecule has 1 aliphatic heterocycles. The minimum Gasteiger partial charge on any atom is -0.497 e. The van der Waals surface area contributed by atoms with Gasteiger partial charge in [0.2, 0.25) is 11.8 Å². The Bertz CT molecular complexity index is 769. The fraction of sp³-hybridized carbons (Fsp3) is 0.409. The summed E-state index contributed by atoms with van der Waals surface area (Å²) in [6.45, 7) is 1.78. The van der Waals surface area contributed by atoms with E-state index in [4.69, 9.17) is 4.74 Å². The van der Waals surface area contributed by atoms with Gasteiger partial charge in [-0.2, -0.15) is 0 Å². The number of pyridine rings is 1. The first-order valence-electron chi connectivity index (χ1n) is 9.73. The molecule has 1 saturated heterocycles. The highest BCUT2D eigenvalue weighted by Crippen LogP contribution is 2.19. The van der Waals surface area contributed by atoms with Crippen LogP contribution in [0.25, 0.3) is 0 Å². The maximum Gasteiger partial charge on any atom is 0.223 e. The van der Waals surface area contributed by atoms with Crippen molar-refractivity contribution in [2.24, 2.45) is 5.92 Å². The molecule has 1 fully saturated rings. The summed E-state index contributed by atoms with van der Waals surface area (Å²) in [6.07, 6.45) is 6.11. The zero-order valence-electron chi connectivity index (χ0n) is 16.3. The average Bonchev–Trinajstić information content (AvgIpc) is 2.77. The van der Waals surface area contributed by atoms with Gasteiger partial charge in [-0.1, -0.05) is 18.2 Å². The van der Waals surface area contributed by atoms with Crippen LogP contribution in [0, 0.1) is 5.92 Å². The van der Waals surface area contributed by atoms with Crippen molar-refractivity contribution in [1.82, 2.24) is 15.2 Å². The monoisotopic (exact) mass is 381 g/mol. The van der Waals surface area contributed by atoms with E-state index in [0.717, 1.165) is 16.9 Å². The molecule has 0 unspecified atom stereocenters. The van der Waals surface area contributed by atoms with Crippen molar-refractivity contribution in [2.75, 3.05) is 20.2 Å². The van der Waals surface area contributed by atoms with Crippen molar-refractivity contribution in [1.29, 1.82) is 0 Å². The van der Waals surface area contributed by atoms with Gasteiger partial charge in [0.1, 0.15) is 5.75 Å². The van der Waals surface area contributed by atoms with E-state index >= 15 is 0 Å². The van der Waals surface area contributed by atoms with E-state index in [1.54, 1.807) is 19.5 Å². The first kappa shape index (κ1) is 19.9. The van der Waals surface area contributed by atoms with Crippen LogP contribution in [0.15, 0.2) is 48.8 Å². The molecule has 2 heterocycles. The van der Waals surface area contributed by atoms with Gasteiger partial charge in [-0.3, -0.25) is 14.6 Å². The molecule has 1 N–H and O–H groups in total. The number of hydrogen-bond donors (Lipinski definition) is 1. The molecule has 148 valence electrons. The molecule has 6 nitrogen and oxygen atoms in total. The van der Waals surface area contributed by atoms with Crippen molar-refractivity contribution >= 4 is 11.8 Å². The predicted octanol–water partition coefficient (Wildman–Crippen LogP) is 2.58. The Balaban J connectivity index is 1.38. The lowest BCUT2D eigenvalue weighted by molar-refractivity contribution is -0.135. The Morgan fingerprint density at radius 3 is 2.54 bits per heavy atom. The number of amides is 2. The van der Waals surface area contributed by atoms with Crippen molar-refractivity contribution in [3.05, 3.63) is 59.9 Å². The van der Waals surface area contributed by atoms with Crippen LogP contribution in [0.4, 0.5) is 0 Å². The minimum absolute atomic E-state index is 0.0256. The lowest BCUT2D eigenvalue weighted by atomic mass is 9.95. The molecular formula is C22H27N3O3. The highest BCUT2D eigenvalue weighted by Gasteiger charge is 2.26. The van der Waals surface area contributed by atoms with E-state index in [-0.39, 0.29) is 17.7 Å². The van der Waals surface area contributed by atoms with E-state index < -0.39 is 0 Å². The van der Waals surface area contributed by atoms with Gasteiger partial charge in [0, 0.05) is 44.4 Å². The molecule has 1 aromatic heterocycles. The van der Waals surface area contributed by atoms with E-state index in [1.807, 2.05) is 41.3 Å². The highest BCUT2D eigenvalue weighted by atomic mass is 16.5. The molecule has 0 atom stereocenters. The number of piperidine rings is 1. The molecule has 0 spiro atoms. The zero-order valence-corrected chi connectivity index (χ0v) is 16.3. The second-order valence-electron chi connectivity index (χ2n) is 7.08. The Labute approximate surface area is 165 Å². The molecule has 2 amide bonds. The van der Waals surface area contributed by atoms with Gasteiger partial charge in [0.15, 0.2) is 0 Å². The molecule has 1 aliphatic rings. The van der Waals surface area contributed by atoms with Crippen LogP contribution >= 0.6 is 0 Å². The fourth-order valence-corrected chi connectivity index (χ4v) is 3.43. The number of aromatic nitrogens is 1. The molecule has 28 heavy (non-hydrogen) atoms. The second-order valence-corrected chi connectivity index (χ2v) is 7.08. The minimum atomic E-state index is -0.0256. The van der Waals surface area contributed by atoms with Gasteiger partial charge >= 0.3 is 0 Å². The standard InChI is InChI=1S/C22H27N3O3/c1-28-20-7-4-17(5-8-20)6-9-21(26)25-13-10-19(11-14-25)22(27)24-16-18-3-2-12-23-15-18/h2-5,7-8,12,15,19H,6,9-11,13-14,16H2,1H3,(H,24,27). The van der Waals surface area contributed by atoms with Crippen LogP contribution in [-0.2, 0) is 22.6 Å². The largest absolute Gasteiger partial charge is 0.497 e. The number of ether oxygens (including phenoxy) is 1. The Kier molecular flexibility index (Phi) is 7.00. The SMILES string of the molecule is COc1ccc(CCC(=O)N2CCC(C(=O)NCc3cccnc3)CC2)cc1. The van der Waals surface area contributed by atoms with Crippen LogP contribution in [0.2, 0.25) is 0 Å². The van der Waals surface area contributed by atoms with Crippen molar-refractivity contribution in [3.8, 4) is 5.75 Å². The first-order chi connectivity index (χ1) is 13.7. The fourth-order valence-electron chi connectivity index (χ4n) is 3.43. The smallest absolute Gasteiger partial charge is 0.223 e. The summed E-state index contributed by atoms with van der Waals surface area (Å²) in [7, 11) is 1.64. The molecular weight excluding hydrogens is 354 g/mol. The summed E-state index contributed by atoms with van der Waals surface area (Å²) < 4.78 is 5.15. The maximum absolute atomic E-state index is 12.5. The lowest BCUT2D eigenvalue weighted by Crippen LogP contribution is -2.43. The third-order valence-corrected chi connectivity index (χ3v) is 5.19. The van der Waals surface area contributed by atoms with Gasteiger partial charge in [-0.05, 0) is 48.6 Å². The predicted molar refractivity (Wildman–Crippen MR) is 107 cm³/mol. The van der Waals surface area contributed by atoms with Crippen molar-refractivity contribution < 1.29 is 14.3 Å². The number of hydrogen-bond acceptors (Lipinski definition) is 4. The molecule has 1 aromatic carbocycles.